The summed E-state index contributed by atoms with van der Waals surface area (Å²) in [7, 11) is 0. The van der Waals surface area contributed by atoms with Gasteiger partial charge in [0.25, 0.3) is 0 Å². The van der Waals surface area contributed by atoms with E-state index in [2.05, 4.69) is 5.16 Å². The fraction of sp³-hybridized carbons (Fsp3) is 0.250. The highest BCUT2D eigenvalue weighted by Gasteiger charge is 2.09. The number of ether oxygens (including phenoxy) is 1. The highest BCUT2D eigenvalue weighted by molar-refractivity contribution is 6.32. The first-order chi connectivity index (χ1) is 8.31. The summed E-state index contributed by atoms with van der Waals surface area (Å²) in [6.45, 7) is 0.861. The van der Waals surface area contributed by atoms with E-state index in [0.29, 0.717) is 29.7 Å². The fourth-order valence-corrected chi connectivity index (χ4v) is 1.78. The van der Waals surface area contributed by atoms with Crippen LogP contribution in [0.3, 0.4) is 0 Å². The standard InChI is InChI=1S/C12H13ClN2O2/c13-11-3-1-2-9(4-6-14)12(11)16-8-10-5-7-15-17-10/h1-3,5,7H,4,6,8,14H2. The van der Waals surface area contributed by atoms with E-state index in [4.69, 9.17) is 26.6 Å². The smallest absolute Gasteiger partial charge is 0.174 e. The maximum Gasteiger partial charge on any atom is 0.174 e. The van der Waals surface area contributed by atoms with Crippen LogP contribution in [0.1, 0.15) is 11.3 Å². The van der Waals surface area contributed by atoms with Crippen LogP contribution in [0.15, 0.2) is 35.0 Å². The molecule has 0 unspecified atom stereocenters. The van der Waals surface area contributed by atoms with Crippen LogP contribution in [0.5, 0.6) is 5.75 Å². The van der Waals surface area contributed by atoms with E-state index in [0.717, 1.165) is 12.0 Å². The van der Waals surface area contributed by atoms with Crippen LogP contribution in [-0.2, 0) is 13.0 Å². The topological polar surface area (TPSA) is 61.3 Å². The summed E-state index contributed by atoms with van der Waals surface area (Å²) < 4.78 is 10.6. The van der Waals surface area contributed by atoms with Gasteiger partial charge in [-0.25, -0.2) is 0 Å². The first-order valence-electron chi connectivity index (χ1n) is 5.31. The molecule has 0 spiro atoms. The normalized spacial score (nSPS) is 10.5. The SMILES string of the molecule is NCCc1cccc(Cl)c1OCc1ccno1. The molecule has 0 amide bonds. The zero-order valence-corrected chi connectivity index (χ0v) is 9.98. The van der Waals surface area contributed by atoms with Gasteiger partial charge >= 0.3 is 0 Å². The van der Waals surface area contributed by atoms with Crippen LogP contribution in [-0.4, -0.2) is 11.7 Å². The van der Waals surface area contributed by atoms with Crippen LogP contribution < -0.4 is 10.5 Å². The Balaban J connectivity index is 2.13. The van der Waals surface area contributed by atoms with Crippen molar-refractivity contribution in [2.45, 2.75) is 13.0 Å². The lowest BCUT2D eigenvalue weighted by Crippen LogP contribution is -2.05. The van der Waals surface area contributed by atoms with Crippen molar-refractivity contribution in [1.82, 2.24) is 5.16 Å². The molecule has 1 aromatic heterocycles. The lowest BCUT2D eigenvalue weighted by molar-refractivity contribution is 0.247. The monoisotopic (exact) mass is 252 g/mol. The molecule has 0 fully saturated rings. The van der Waals surface area contributed by atoms with E-state index in [1.807, 2.05) is 12.1 Å². The van der Waals surface area contributed by atoms with E-state index in [-0.39, 0.29) is 0 Å². The molecule has 90 valence electrons. The predicted molar refractivity (Wildman–Crippen MR) is 65.0 cm³/mol. The first-order valence-corrected chi connectivity index (χ1v) is 5.69. The van der Waals surface area contributed by atoms with E-state index < -0.39 is 0 Å². The molecule has 2 N–H and O–H groups in total. The van der Waals surface area contributed by atoms with Crippen molar-refractivity contribution >= 4 is 11.6 Å². The van der Waals surface area contributed by atoms with Gasteiger partial charge in [-0.05, 0) is 24.6 Å². The molecular weight excluding hydrogens is 240 g/mol. The molecule has 2 rings (SSSR count). The largest absolute Gasteiger partial charge is 0.484 e. The Labute approximate surface area is 104 Å². The van der Waals surface area contributed by atoms with E-state index in [9.17, 15) is 0 Å². The molecule has 1 heterocycles. The Bertz CT molecular complexity index is 471. The molecule has 4 nitrogen and oxygen atoms in total. The second-order valence-electron chi connectivity index (χ2n) is 3.53. The average molecular weight is 253 g/mol. The molecule has 0 aliphatic carbocycles. The van der Waals surface area contributed by atoms with Gasteiger partial charge in [0, 0.05) is 6.07 Å². The molecule has 5 heteroatoms. The predicted octanol–water partition coefficient (Wildman–Crippen LogP) is 2.41. The number of hydrogen-bond acceptors (Lipinski definition) is 4. The van der Waals surface area contributed by atoms with Gasteiger partial charge in [-0.1, -0.05) is 28.9 Å². The summed E-state index contributed by atoms with van der Waals surface area (Å²) in [5.74, 6) is 1.32. The molecule has 0 saturated carbocycles. The molecule has 0 atom stereocenters. The van der Waals surface area contributed by atoms with Crippen LogP contribution in [0.25, 0.3) is 0 Å². The minimum absolute atomic E-state index is 0.307. The number of rotatable bonds is 5. The quantitative estimate of drug-likeness (QED) is 0.888. The first kappa shape index (κ1) is 12.0. The zero-order chi connectivity index (χ0) is 12.1. The second kappa shape index (κ2) is 5.70. The highest BCUT2D eigenvalue weighted by Crippen LogP contribution is 2.29. The lowest BCUT2D eigenvalue weighted by atomic mass is 10.1. The average Bonchev–Trinajstić information content (AvgIpc) is 2.82. The molecule has 0 aliphatic heterocycles. The second-order valence-corrected chi connectivity index (χ2v) is 3.94. The van der Waals surface area contributed by atoms with Crippen LogP contribution in [0, 0.1) is 0 Å². The maximum atomic E-state index is 6.09. The third-order valence-electron chi connectivity index (χ3n) is 2.31. The third kappa shape index (κ3) is 2.99. The van der Waals surface area contributed by atoms with Crippen molar-refractivity contribution in [3.8, 4) is 5.75 Å². The van der Waals surface area contributed by atoms with Crippen LogP contribution in [0.4, 0.5) is 0 Å². The van der Waals surface area contributed by atoms with E-state index in [1.54, 1.807) is 18.3 Å². The van der Waals surface area contributed by atoms with Gasteiger partial charge in [0.1, 0.15) is 12.4 Å². The Kier molecular flexibility index (Phi) is 4.01. The van der Waals surface area contributed by atoms with Crippen LogP contribution in [0.2, 0.25) is 5.02 Å². The molecule has 1 aromatic carbocycles. The van der Waals surface area contributed by atoms with Gasteiger partial charge in [0.2, 0.25) is 0 Å². The zero-order valence-electron chi connectivity index (χ0n) is 9.23. The molecule has 17 heavy (non-hydrogen) atoms. The van der Waals surface area contributed by atoms with Crippen molar-refractivity contribution in [2.75, 3.05) is 6.54 Å². The van der Waals surface area contributed by atoms with Crippen molar-refractivity contribution in [2.24, 2.45) is 5.73 Å². The van der Waals surface area contributed by atoms with Crippen LogP contribution >= 0.6 is 11.6 Å². The van der Waals surface area contributed by atoms with E-state index >= 15 is 0 Å². The minimum Gasteiger partial charge on any atom is -0.484 e. The molecule has 0 aliphatic rings. The minimum atomic E-state index is 0.307. The third-order valence-corrected chi connectivity index (χ3v) is 2.61. The van der Waals surface area contributed by atoms with Gasteiger partial charge in [-0.15, -0.1) is 0 Å². The van der Waals surface area contributed by atoms with Gasteiger partial charge in [-0.2, -0.15) is 0 Å². The highest BCUT2D eigenvalue weighted by atomic mass is 35.5. The lowest BCUT2D eigenvalue weighted by Gasteiger charge is -2.11. The molecule has 0 saturated heterocycles. The summed E-state index contributed by atoms with van der Waals surface area (Å²) in [4.78, 5) is 0. The Morgan fingerprint density at radius 3 is 2.94 bits per heavy atom. The number of para-hydroxylation sites is 1. The summed E-state index contributed by atoms with van der Waals surface area (Å²) in [6, 6.07) is 7.37. The Morgan fingerprint density at radius 2 is 2.24 bits per heavy atom. The van der Waals surface area contributed by atoms with E-state index in [1.165, 1.54) is 0 Å². The summed E-state index contributed by atoms with van der Waals surface area (Å²) in [6.07, 6.45) is 2.30. The number of nitrogens with two attached hydrogens (primary N) is 1. The molecule has 0 radical (unpaired) electrons. The summed E-state index contributed by atoms with van der Waals surface area (Å²) in [5.41, 5.74) is 6.54. The number of halogens is 1. The van der Waals surface area contributed by atoms with Crippen molar-refractivity contribution < 1.29 is 9.26 Å². The maximum absolute atomic E-state index is 6.09. The number of aromatic nitrogens is 1. The number of benzene rings is 1. The number of nitrogens with zero attached hydrogens (tertiary/aromatic N) is 1. The number of hydrogen-bond donors (Lipinski definition) is 1. The fourth-order valence-electron chi connectivity index (χ4n) is 1.53. The van der Waals surface area contributed by atoms with Gasteiger partial charge in [0.15, 0.2) is 5.76 Å². The van der Waals surface area contributed by atoms with Crippen molar-refractivity contribution in [3.05, 3.63) is 46.8 Å². The van der Waals surface area contributed by atoms with Crippen molar-refractivity contribution in [1.29, 1.82) is 0 Å². The van der Waals surface area contributed by atoms with Gasteiger partial charge in [-0.3, -0.25) is 0 Å². The molecular formula is C12H13ClN2O2. The molecule has 2 aromatic rings. The summed E-state index contributed by atoms with van der Waals surface area (Å²) >= 11 is 6.09. The molecule has 0 bridgehead atoms. The Morgan fingerprint density at radius 1 is 1.35 bits per heavy atom. The van der Waals surface area contributed by atoms with Gasteiger partial charge in [0.05, 0.1) is 11.2 Å². The van der Waals surface area contributed by atoms with Crippen molar-refractivity contribution in [3.63, 3.8) is 0 Å². The van der Waals surface area contributed by atoms with Gasteiger partial charge < -0.3 is 15.0 Å². The Hall–Kier alpha value is -1.52. The summed E-state index contributed by atoms with van der Waals surface area (Å²) in [5, 5.41) is 4.19.